The lowest BCUT2D eigenvalue weighted by Gasteiger charge is -2.29. The topological polar surface area (TPSA) is 85.0 Å². The SMILES string of the molecule is CC(C)(CN)CC(=O)Nc1ccnn1C1CNC1. The average Bonchev–Trinajstić information content (AvgIpc) is 2.63. The van der Waals surface area contributed by atoms with Crippen molar-refractivity contribution in [3.63, 3.8) is 0 Å². The summed E-state index contributed by atoms with van der Waals surface area (Å²) in [5, 5.41) is 10.3. The fourth-order valence-electron chi connectivity index (χ4n) is 1.84. The van der Waals surface area contributed by atoms with Crippen LogP contribution in [0.5, 0.6) is 0 Å². The maximum atomic E-state index is 11.9. The van der Waals surface area contributed by atoms with Crippen molar-refractivity contribution < 1.29 is 4.79 Å². The lowest BCUT2D eigenvalue weighted by Crippen LogP contribution is -2.44. The van der Waals surface area contributed by atoms with E-state index in [0.717, 1.165) is 18.9 Å². The fourth-order valence-corrected chi connectivity index (χ4v) is 1.84. The van der Waals surface area contributed by atoms with E-state index in [4.69, 9.17) is 5.73 Å². The lowest BCUT2D eigenvalue weighted by molar-refractivity contribution is -0.118. The third kappa shape index (κ3) is 2.88. The van der Waals surface area contributed by atoms with Gasteiger partial charge < -0.3 is 16.4 Å². The van der Waals surface area contributed by atoms with Crippen LogP contribution < -0.4 is 16.4 Å². The highest BCUT2D eigenvalue weighted by molar-refractivity contribution is 5.90. The lowest BCUT2D eigenvalue weighted by atomic mass is 9.89. The second kappa shape index (κ2) is 5.07. The van der Waals surface area contributed by atoms with Gasteiger partial charge in [-0.1, -0.05) is 13.8 Å². The molecule has 6 heteroatoms. The smallest absolute Gasteiger partial charge is 0.226 e. The first-order valence-electron chi connectivity index (χ1n) is 6.26. The van der Waals surface area contributed by atoms with Crippen LogP contribution >= 0.6 is 0 Å². The number of aromatic nitrogens is 2. The number of hydrogen-bond donors (Lipinski definition) is 3. The van der Waals surface area contributed by atoms with E-state index in [1.54, 1.807) is 6.20 Å². The minimum atomic E-state index is -0.174. The van der Waals surface area contributed by atoms with Crippen molar-refractivity contribution in [2.24, 2.45) is 11.1 Å². The molecular formula is C12H21N5O. The molecule has 0 atom stereocenters. The van der Waals surface area contributed by atoms with E-state index >= 15 is 0 Å². The number of amides is 1. The quantitative estimate of drug-likeness (QED) is 0.704. The standard InChI is InChI=1S/C12H21N5O/c1-12(2,8-13)5-11(18)16-10-3-4-15-17(10)9-6-14-7-9/h3-4,9,14H,5-8,13H2,1-2H3,(H,16,18). The molecule has 1 aliphatic rings. The second-order valence-corrected chi connectivity index (χ2v) is 5.57. The summed E-state index contributed by atoms with van der Waals surface area (Å²) in [5.41, 5.74) is 5.46. The fraction of sp³-hybridized carbons (Fsp3) is 0.667. The minimum absolute atomic E-state index is 0.0144. The van der Waals surface area contributed by atoms with Crippen LogP contribution in [0.15, 0.2) is 12.3 Å². The van der Waals surface area contributed by atoms with Gasteiger partial charge in [0.15, 0.2) is 0 Å². The summed E-state index contributed by atoms with van der Waals surface area (Å²) in [6.07, 6.45) is 2.12. The zero-order valence-electron chi connectivity index (χ0n) is 10.9. The minimum Gasteiger partial charge on any atom is -0.330 e. The molecule has 6 nitrogen and oxygen atoms in total. The van der Waals surface area contributed by atoms with Crippen LogP contribution in [0, 0.1) is 5.41 Å². The van der Waals surface area contributed by atoms with Crippen molar-refractivity contribution in [3.05, 3.63) is 12.3 Å². The van der Waals surface area contributed by atoms with Crippen LogP contribution in [0.4, 0.5) is 5.82 Å². The number of nitrogens with one attached hydrogen (secondary N) is 2. The number of hydrogen-bond acceptors (Lipinski definition) is 4. The van der Waals surface area contributed by atoms with Gasteiger partial charge in [-0.25, -0.2) is 4.68 Å². The van der Waals surface area contributed by atoms with Crippen LogP contribution in [0.3, 0.4) is 0 Å². The predicted molar refractivity (Wildman–Crippen MR) is 70.2 cm³/mol. The van der Waals surface area contributed by atoms with Crippen molar-refractivity contribution in [2.45, 2.75) is 26.3 Å². The maximum absolute atomic E-state index is 11.9. The van der Waals surface area contributed by atoms with Crippen LogP contribution in [-0.2, 0) is 4.79 Å². The molecule has 1 amide bonds. The van der Waals surface area contributed by atoms with Crippen molar-refractivity contribution in [1.82, 2.24) is 15.1 Å². The summed E-state index contributed by atoms with van der Waals surface area (Å²) in [4.78, 5) is 11.9. The van der Waals surface area contributed by atoms with Gasteiger partial charge >= 0.3 is 0 Å². The third-order valence-corrected chi connectivity index (χ3v) is 3.24. The first-order chi connectivity index (χ1) is 8.52. The van der Waals surface area contributed by atoms with Crippen LogP contribution in [0.25, 0.3) is 0 Å². The Balaban J connectivity index is 1.97. The van der Waals surface area contributed by atoms with Gasteiger partial charge in [0.1, 0.15) is 5.82 Å². The monoisotopic (exact) mass is 251 g/mol. The molecule has 0 saturated carbocycles. The Hall–Kier alpha value is -1.40. The molecule has 0 aliphatic carbocycles. The molecule has 0 spiro atoms. The summed E-state index contributed by atoms with van der Waals surface area (Å²) in [6.45, 7) is 6.27. The number of anilines is 1. The Kier molecular flexibility index (Phi) is 3.68. The van der Waals surface area contributed by atoms with E-state index in [2.05, 4.69) is 15.7 Å². The first kappa shape index (κ1) is 13.0. The molecule has 2 heterocycles. The number of carbonyl (C=O) groups excluding carboxylic acids is 1. The molecule has 18 heavy (non-hydrogen) atoms. The van der Waals surface area contributed by atoms with E-state index < -0.39 is 0 Å². The van der Waals surface area contributed by atoms with Gasteiger partial charge in [-0.3, -0.25) is 4.79 Å². The zero-order valence-corrected chi connectivity index (χ0v) is 10.9. The van der Waals surface area contributed by atoms with Crippen molar-refractivity contribution >= 4 is 11.7 Å². The molecule has 1 aromatic rings. The van der Waals surface area contributed by atoms with Crippen molar-refractivity contribution in [1.29, 1.82) is 0 Å². The van der Waals surface area contributed by atoms with E-state index in [1.165, 1.54) is 0 Å². The molecule has 1 aliphatic heterocycles. The zero-order chi connectivity index (χ0) is 13.2. The van der Waals surface area contributed by atoms with E-state index in [-0.39, 0.29) is 11.3 Å². The third-order valence-electron chi connectivity index (χ3n) is 3.24. The normalized spacial score (nSPS) is 16.4. The van der Waals surface area contributed by atoms with Crippen LogP contribution in [-0.4, -0.2) is 35.3 Å². The molecule has 1 aromatic heterocycles. The Morgan fingerprint density at radius 1 is 1.67 bits per heavy atom. The summed E-state index contributed by atoms with van der Waals surface area (Å²) < 4.78 is 1.86. The van der Waals surface area contributed by atoms with Gasteiger partial charge in [-0.15, -0.1) is 0 Å². The van der Waals surface area contributed by atoms with Crippen molar-refractivity contribution in [2.75, 3.05) is 25.0 Å². The molecule has 4 N–H and O–H groups in total. The van der Waals surface area contributed by atoms with Gasteiger partial charge in [-0.2, -0.15) is 5.10 Å². The molecule has 2 rings (SSSR count). The Morgan fingerprint density at radius 3 is 2.94 bits per heavy atom. The molecule has 1 saturated heterocycles. The highest BCUT2D eigenvalue weighted by atomic mass is 16.1. The molecule has 100 valence electrons. The Labute approximate surface area is 107 Å². The summed E-state index contributed by atoms with van der Waals surface area (Å²) in [7, 11) is 0. The number of carbonyl (C=O) groups is 1. The maximum Gasteiger partial charge on any atom is 0.226 e. The molecule has 0 unspecified atom stereocenters. The molecule has 0 bridgehead atoms. The molecule has 0 aromatic carbocycles. The van der Waals surface area contributed by atoms with Gasteiger partial charge in [0.2, 0.25) is 5.91 Å². The van der Waals surface area contributed by atoms with E-state index in [0.29, 0.717) is 19.0 Å². The number of rotatable bonds is 5. The van der Waals surface area contributed by atoms with Crippen LogP contribution in [0.2, 0.25) is 0 Å². The summed E-state index contributed by atoms with van der Waals surface area (Å²) >= 11 is 0. The largest absolute Gasteiger partial charge is 0.330 e. The van der Waals surface area contributed by atoms with Gasteiger partial charge in [-0.05, 0) is 12.0 Å². The Bertz CT molecular complexity index is 422. The van der Waals surface area contributed by atoms with Crippen molar-refractivity contribution in [3.8, 4) is 0 Å². The van der Waals surface area contributed by atoms with E-state index in [9.17, 15) is 4.79 Å². The first-order valence-corrected chi connectivity index (χ1v) is 6.26. The van der Waals surface area contributed by atoms with E-state index in [1.807, 2.05) is 24.6 Å². The van der Waals surface area contributed by atoms with Gasteiger partial charge in [0.25, 0.3) is 0 Å². The number of nitrogens with two attached hydrogens (primary N) is 1. The number of nitrogens with zero attached hydrogens (tertiary/aromatic N) is 2. The summed E-state index contributed by atoms with van der Waals surface area (Å²) in [6, 6.07) is 2.17. The molecule has 0 radical (unpaired) electrons. The second-order valence-electron chi connectivity index (χ2n) is 5.57. The van der Waals surface area contributed by atoms with Crippen LogP contribution in [0.1, 0.15) is 26.3 Å². The van der Waals surface area contributed by atoms with Gasteiger partial charge in [0.05, 0.1) is 12.2 Å². The highest BCUT2D eigenvalue weighted by Gasteiger charge is 2.24. The molecular weight excluding hydrogens is 230 g/mol. The highest BCUT2D eigenvalue weighted by Crippen LogP contribution is 2.21. The summed E-state index contributed by atoms with van der Waals surface area (Å²) in [5.74, 6) is 0.749. The predicted octanol–water partition coefficient (Wildman–Crippen LogP) is 0.341. The average molecular weight is 251 g/mol. The molecule has 1 fully saturated rings. The van der Waals surface area contributed by atoms with Gasteiger partial charge in [0, 0.05) is 25.6 Å². The Morgan fingerprint density at radius 2 is 2.39 bits per heavy atom.